The molecule has 1 aromatic heterocycles. The molecule has 0 aliphatic carbocycles. The van der Waals surface area contributed by atoms with Crippen LogP contribution in [0.3, 0.4) is 0 Å². The molecule has 2 aliphatic rings. The van der Waals surface area contributed by atoms with E-state index >= 15 is 0 Å². The van der Waals surface area contributed by atoms with Gasteiger partial charge in [-0.2, -0.15) is 10.0 Å². The topological polar surface area (TPSA) is 83.0 Å². The molecule has 0 unspecified atom stereocenters. The van der Waals surface area contributed by atoms with Crippen LogP contribution in [0.1, 0.15) is 22.5 Å². The molecule has 2 aromatic rings. The zero-order valence-electron chi connectivity index (χ0n) is 17.3. The Kier molecular flexibility index (Phi) is 5.33. The molecule has 0 spiro atoms. The zero-order chi connectivity index (χ0) is 21.6. The van der Waals surface area contributed by atoms with E-state index in [1.807, 2.05) is 45.2 Å². The Morgan fingerprint density at radius 2 is 2.00 bits per heavy atom. The van der Waals surface area contributed by atoms with Gasteiger partial charge in [-0.05, 0) is 74.2 Å². The molecule has 2 aliphatic heterocycles. The second-order valence-corrected chi connectivity index (χ2v) is 8.94. The van der Waals surface area contributed by atoms with Gasteiger partial charge in [0.15, 0.2) is 10.2 Å². The van der Waals surface area contributed by atoms with Gasteiger partial charge < -0.3 is 9.30 Å². The van der Waals surface area contributed by atoms with Gasteiger partial charge in [0.1, 0.15) is 5.75 Å². The molecule has 0 bridgehead atoms. The summed E-state index contributed by atoms with van der Waals surface area (Å²) in [6, 6.07) is 8.03. The summed E-state index contributed by atoms with van der Waals surface area (Å²) in [5.74, 6) is 0.388. The fourth-order valence-electron chi connectivity index (χ4n) is 3.49. The maximum absolute atomic E-state index is 12.6. The molecule has 1 aromatic carbocycles. The third-order valence-electron chi connectivity index (χ3n) is 4.96. The van der Waals surface area contributed by atoms with Crippen LogP contribution >= 0.6 is 23.5 Å². The summed E-state index contributed by atoms with van der Waals surface area (Å²) in [6.07, 6.45) is 3.63. The van der Waals surface area contributed by atoms with Crippen molar-refractivity contribution >= 4 is 50.9 Å². The number of ether oxygens (including phenoxy) is 1. The Bertz CT molecular complexity index is 1180. The van der Waals surface area contributed by atoms with E-state index in [0.717, 1.165) is 38.3 Å². The highest BCUT2D eigenvalue weighted by Crippen LogP contribution is 2.33. The number of thioether (sulfide) groups is 2. The highest BCUT2D eigenvalue weighted by atomic mass is 32.2. The van der Waals surface area contributed by atoms with Crippen molar-refractivity contribution in [1.82, 2.24) is 9.58 Å². The molecule has 1 amide bonds. The van der Waals surface area contributed by atoms with Crippen molar-refractivity contribution in [2.45, 2.75) is 20.8 Å². The molecular formula is C21H21N5O2S2. The number of hydrazone groups is 1. The number of nitrogens with zero attached hydrogens (tertiary/aromatic N) is 4. The summed E-state index contributed by atoms with van der Waals surface area (Å²) in [5, 5.41) is 14.7. The second-order valence-electron chi connectivity index (χ2n) is 6.93. The SMILES string of the molecule is COc1ccc(C)cc1-n1c(C)cc(/C=C2\C(=N)N3N=C(SC)SC3=NC2=O)c1C. The molecule has 154 valence electrons. The van der Waals surface area contributed by atoms with Crippen LogP contribution in [0, 0.1) is 26.2 Å². The molecule has 0 atom stereocenters. The van der Waals surface area contributed by atoms with Crippen molar-refractivity contribution in [3.63, 3.8) is 0 Å². The van der Waals surface area contributed by atoms with Crippen molar-refractivity contribution in [2.75, 3.05) is 13.4 Å². The molecule has 7 nitrogen and oxygen atoms in total. The van der Waals surface area contributed by atoms with E-state index in [1.54, 1.807) is 13.2 Å². The normalized spacial score (nSPS) is 17.4. The number of carbonyl (C=O) groups is 1. The zero-order valence-corrected chi connectivity index (χ0v) is 18.9. The maximum Gasteiger partial charge on any atom is 0.283 e. The number of hydrogen-bond donors (Lipinski definition) is 1. The number of hydrogen-bond acceptors (Lipinski definition) is 6. The summed E-state index contributed by atoms with van der Waals surface area (Å²) in [5.41, 5.74) is 5.08. The van der Waals surface area contributed by atoms with Crippen LogP contribution in [-0.2, 0) is 4.79 Å². The highest BCUT2D eigenvalue weighted by molar-refractivity contribution is 8.45. The van der Waals surface area contributed by atoms with Crippen LogP contribution in [-0.4, -0.2) is 44.2 Å². The summed E-state index contributed by atoms with van der Waals surface area (Å²) >= 11 is 2.77. The van der Waals surface area contributed by atoms with E-state index in [-0.39, 0.29) is 11.4 Å². The number of amidine groups is 2. The van der Waals surface area contributed by atoms with E-state index in [0.29, 0.717) is 5.17 Å². The summed E-state index contributed by atoms with van der Waals surface area (Å²) in [7, 11) is 1.65. The molecule has 3 heterocycles. The minimum atomic E-state index is -0.422. The van der Waals surface area contributed by atoms with Crippen molar-refractivity contribution < 1.29 is 9.53 Å². The summed E-state index contributed by atoms with van der Waals surface area (Å²) in [6.45, 7) is 6.03. The fourth-order valence-corrected chi connectivity index (χ4v) is 4.84. The number of methoxy groups -OCH3 is 1. The third kappa shape index (κ3) is 3.37. The lowest BCUT2D eigenvalue weighted by Gasteiger charge is -2.20. The average molecular weight is 440 g/mol. The Balaban J connectivity index is 1.79. The second kappa shape index (κ2) is 7.81. The Hall–Kier alpha value is -2.78. The van der Waals surface area contributed by atoms with E-state index in [9.17, 15) is 4.79 Å². The Labute approximate surface area is 183 Å². The van der Waals surface area contributed by atoms with Gasteiger partial charge in [-0.25, -0.2) is 0 Å². The lowest BCUT2D eigenvalue weighted by atomic mass is 10.1. The standard InChI is InChI=1S/C21H21N5O2S2/c1-11-6-7-17(28-4)16(8-11)25-12(2)9-14(13(25)3)10-15-18(22)26-20(23-19(15)27)30-21(24-26)29-5/h6-10,22H,1-5H3/b15-10+,22-18?. The van der Waals surface area contributed by atoms with Gasteiger partial charge >= 0.3 is 0 Å². The van der Waals surface area contributed by atoms with Crippen LogP contribution in [0.5, 0.6) is 5.75 Å². The van der Waals surface area contributed by atoms with Crippen LogP contribution in [0.25, 0.3) is 11.8 Å². The van der Waals surface area contributed by atoms with E-state index in [1.165, 1.54) is 28.5 Å². The monoisotopic (exact) mass is 439 g/mol. The number of nitrogens with one attached hydrogen (secondary N) is 1. The highest BCUT2D eigenvalue weighted by Gasteiger charge is 2.35. The first-order valence-corrected chi connectivity index (χ1v) is 11.3. The number of carbonyl (C=O) groups excluding carboxylic acids is 1. The van der Waals surface area contributed by atoms with Gasteiger partial charge in [-0.15, -0.1) is 16.9 Å². The fraction of sp³-hybridized carbons (Fsp3) is 0.238. The quantitative estimate of drug-likeness (QED) is 0.719. The molecule has 1 N–H and O–H groups in total. The molecule has 30 heavy (non-hydrogen) atoms. The first-order valence-electron chi connectivity index (χ1n) is 9.22. The predicted molar refractivity (Wildman–Crippen MR) is 125 cm³/mol. The van der Waals surface area contributed by atoms with E-state index in [2.05, 4.69) is 20.7 Å². The molecular weight excluding hydrogens is 418 g/mol. The number of benzene rings is 1. The molecule has 4 rings (SSSR count). The van der Waals surface area contributed by atoms with E-state index < -0.39 is 5.91 Å². The first kappa shape index (κ1) is 20.5. The smallest absolute Gasteiger partial charge is 0.283 e. The molecule has 0 saturated heterocycles. The molecule has 9 heteroatoms. The maximum atomic E-state index is 12.6. The third-order valence-corrected chi connectivity index (χ3v) is 6.84. The Morgan fingerprint density at radius 1 is 1.23 bits per heavy atom. The van der Waals surface area contributed by atoms with Gasteiger partial charge in [0.05, 0.1) is 18.4 Å². The minimum absolute atomic E-state index is 0.0412. The van der Waals surface area contributed by atoms with Crippen LogP contribution < -0.4 is 4.74 Å². The average Bonchev–Trinajstić information content (AvgIpc) is 3.25. The molecule has 0 saturated carbocycles. The van der Waals surface area contributed by atoms with Gasteiger partial charge in [0.25, 0.3) is 5.91 Å². The van der Waals surface area contributed by atoms with Crippen molar-refractivity contribution in [2.24, 2.45) is 10.1 Å². The largest absolute Gasteiger partial charge is 0.495 e. The molecule has 0 fully saturated rings. The van der Waals surface area contributed by atoms with Gasteiger partial charge in [0, 0.05) is 11.4 Å². The number of fused-ring (bicyclic) bond motifs is 1. The van der Waals surface area contributed by atoms with Crippen molar-refractivity contribution in [3.8, 4) is 11.4 Å². The lowest BCUT2D eigenvalue weighted by Crippen LogP contribution is -2.35. The van der Waals surface area contributed by atoms with Crippen LogP contribution in [0.2, 0.25) is 0 Å². The molecule has 0 radical (unpaired) electrons. The number of aliphatic imine (C=N–C) groups is 1. The lowest BCUT2D eigenvalue weighted by molar-refractivity contribution is -0.114. The number of aryl methyl sites for hydroxylation is 2. The van der Waals surface area contributed by atoms with Crippen LogP contribution in [0.15, 0.2) is 39.9 Å². The summed E-state index contributed by atoms with van der Waals surface area (Å²) in [4.78, 5) is 16.8. The Morgan fingerprint density at radius 3 is 2.70 bits per heavy atom. The van der Waals surface area contributed by atoms with Crippen LogP contribution in [0.4, 0.5) is 0 Å². The first-order chi connectivity index (χ1) is 14.3. The van der Waals surface area contributed by atoms with Crippen molar-refractivity contribution in [3.05, 3.63) is 52.4 Å². The number of aromatic nitrogens is 1. The minimum Gasteiger partial charge on any atom is -0.495 e. The summed E-state index contributed by atoms with van der Waals surface area (Å²) < 4.78 is 8.42. The van der Waals surface area contributed by atoms with Gasteiger partial charge in [-0.3, -0.25) is 10.2 Å². The predicted octanol–water partition coefficient (Wildman–Crippen LogP) is 4.35. The van der Waals surface area contributed by atoms with Gasteiger partial charge in [-0.1, -0.05) is 6.07 Å². The van der Waals surface area contributed by atoms with E-state index in [4.69, 9.17) is 10.1 Å². The number of rotatable bonds is 3. The van der Waals surface area contributed by atoms with Crippen molar-refractivity contribution in [1.29, 1.82) is 5.41 Å². The number of amides is 1. The van der Waals surface area contributed by atoms with Gasteiger partial charge in [0.2, 0.25) is 5.17 Å².